The molecule has 0 aromatic heterocycles. The van der Waals surface area contributed by atoms with Crippen molar-refractivity contribution in [2.75, 3.05) is 13.2 Å². The number of esters is 1. The number of ether oxygens (including phenoxy) is 2. The lowest BCUT2D eigenvalue weighted by Crippen LogP contribution is -2.14. The molecule has 0 saturated heterocycles. The first-order valence-corrected chi connectivity index (χ1v) is 5.31. The van der Waals surface area contributed by atoms with Crippen LogP contribution in [0.1, 0.15) is 12.5 Å². The molecule has 1 aromatic rings. The molecule has 1 aromatic carbocycles. The number of rotatable bonds is 5. The fourth-order valence-electron chi connectivity index (χ4n) is 1.09. The molecule has 0 heterocycles. The summed E-state index contributed by atoms with van der Waals surface area (Å²) in [5.41, 5.74) is 0.553. The predicted octanol–water partition coefficient (Wildman–Crippen LogP) is 2.00. The molecule has 0 aliphatic rings. The number of nitrogens with zero attached hydrogens (tertiary/aromatic N) is 1. The van der Waals surface area contributed by atoms with Gasteiger partial charge in [-0.25, -0.2) is 4.79 Å². The normalized spacial score (nSPS) is 11.1. The second-order valence-corrected chi connectivity index (χ2v) is 3.37. The van der Waals surface area contributed by atoms with Crippen molar-refractivity contribution in [2.24, 2.45) is 5.16 Å². The summed E-state index contributed by atoms with van der Waals surface area (Å²) in [5.74, 6) is 0.0794. The van der Waals surface area contributed by atoms with Crippen LogP contribution >= 0.6 is 11.6 Å². The van der Waals surface area contributed by atoms with Crippen LogP contribution in [0.4, 0.5) is 0 Å². The highest BCUT2D eigenvalue weighted by atomic mass is 35.5. The van der Waals surface area contributed by atoms with Crippen LogP contribution in [-0.4, -0.2) is 29.6 Å². The van der Waals surface area contributed by atoms with Gasteiger partial charge < -0.3 is 14.7 Å². The monoisotopic (exact) mass is 257 g/mol. The van der Waals surface area contributed by atoms with E-state index in [1.54, 1.807) is 31.2 Å². The standard InChI is InChI=1S/C11H12ClNO4/c1-2-16-10(14)7-17-9-5-3-8(4-6-9)11(12)13-15/h3-6,15H,2,7H2,1H3. The lowest BCUT2D eigenvalue weighted by molar-refractivity contribution is -0.145. The zero-order valence-electron chi connectivity index (χ0n) is 9.22. The number of benzene rings is 1. The first-order chi connectivity index (χ1) is 8.17. The maximum Gasteiger partial charge on any atom is 0.344 e. The van der Waals surface area contributed by atoms with Crippen molar-refractivity contribution < 1.29 is 19.5 Å². The van der Waals surface area contributed by atoms with E-state index in [0.29, 0.717) is 17.9 Å². The minimum atomic E-state index is -0.425. The van der Waals surface area contributed by atoms with Crippen molar-refractivity contribution in [3.63, 3.8) is 0 Å². The number of carbonyl (C=O) groups is 1. The highest BCUT2D eigenvalue weighted by Crippen LogP contribution is 2.14. The van der Waals surface area contributed by atoms with E-state index < -0.39 is 5.97 Å². The SMILES string of the molecule is CCOC(=O)COc1ccc(C(Cl)=NO)cc1. The van der Waals surface area contributed by atoms with Gasteiger partial charge in [0.2, 0.25) is 0 Å². The fraction of sp³-hybridized carbons (Fsp3) is 0.273. The Morgan fingerprint density at radius 2 is 2.06 bits per heavy atom. The van der Waals surface area contributed by atoms with Crippen LogP contribution in [0, 0.1) is 0 Å². The van der Waals surface area contributed by atoms with Crippen LogP contribution in [0.3, 0.4) is 0 Å². The molecule has 0 aliphatic carbocycles. The third kappa shape index (κ3) is 4.32. The molecule has 92 valence electrons. The summed E-state index contributed by atoms with van der Waals surface area (Å²) >= 11 is 5.60. The van der Waals surface area contributed by atoms with Crippen molar-refractivity contribution in [2.45, 2.75) is 6.92 Å². The molecule has 1 N–H and O–H groups in total. The van der Waals surface area contributed by atoms with E-state index in [0.717, 1.165) is 0 Å². The van der Waals surface area contributed by atoms with Gasteiger partial charge in [-0.3, -0.25) is 0 Å². The number of carbonyl (C=O) groups excluding carboxylic acids is 1. The van der Waals surface area contributed by atoms with Crippen molar-refractivity contribution in [3.05, 3.63) is 29.8 Å². The Morgan fingerprint density at radius 1 is 1.41 bits per heavy atom. The van der Waals surface area contributed by atoms with E-state index in [1.165, 1.54) is 0 Å². The van der Waals surface area contributed by atoms with Crippen LogP contribution < -0.4 is 4.74 Å². The van der Waals surface area contributed by atoms with E-state index in [2.05, 4.69) is 5.16 Å². The van der Waals surface area contributed by atoms with Crippen molar-refractivity contribution in [1.82, 2.24) is 0 Å². The van der Waals surface area contributed by atoms with Crippen LogP contribution in [0.25, 0.3) is 0 Å². The third-order valence-electron chi connectivity index (χ3n) is 1.84. The smallest absolute Gasteiger partial charge is 0.344 e. The Labute approximate surface area is 104 Å². The van der Waals surface area contributed by atoms with Gasteiger partial charge in [-0.15, -0.1) is 0 Å². The van der Waals surface area contributed by atoms with E-state index >= 15 is 0 Å². The molecule has 0 bridgehead atoms. The molecule has 0 amide bonds. The highest BCUT2D eigenvalue weighted by molar-refractivity contribution is 6.69. The summed E-state index contributed by atoms with van der Waals surface area (Å²) < 4.78 is 9.87. The predicted molar refractivity (Wildman–Crippen MR) is 62.7 cm³/mol. The summed E-state index contributed by atoms with van der Waals surface area (Å²) in [6, 6.07) is 6.45. The van der Waals surface area contributed by atoms with E-state index in [-0.39, 0.29) is 11.8 Å². The van der Waals surface area contributed by atoms with Gasteiger partial charge in [-0.2, -0.15) is 0 Å². The molecule has 0 fully saturated rings. The average molecular weight is 258 g/mol. The Morgan fingerprint density at radius 3 is 2.59 bits per heavy atom. The van der Waals surface area contributed by atoms with E-state index in [9.17, 15) is 4.79 Å². The van der Waals surface area contributed by atoms with Gasteiger partial charge in [0.1, 0.15) is 5.75 Å². The topological polar surface area (TPSA) is 68.1 Å². The maximum atomic E-state index is 11.0. The van der Waals surface area contributed by atoms with Gasteiger partial charge in [0.25, 0.3) is 0 Å². The fourth-order valence-corrected chi connectivity index (χ4v) is 1.22. The molecule has 0 unspecified atom stereocenters. The lowest BCUT2D eigenvalue weighted by Gasteiger charge is -2.05. The van der Waals surface area contributed by atoms with Crippen LogP contribution in [0.5, 0.6) is 5.75 Å². The van der Waals surface area contributed by atoms with Gasteiger partial charge in [0.05, 0.1) is 6.61 Å². The van der Waals surface area contributed by atoms with E-state index in [4.69, 9.17) is 26.3 Å². The van der Waals surface area contributed by atoms with Gasteiger partial charge in [-0.05, 0) is 31.2 Å². The van der Waals surface area contributed by atoms with Crippen LogP contribution in [-0.2, 0) is 9.53 Å². The van der Waals surface area contributed by atoms with Crippen LogP contribution in [0.15, 0.2) is 29.4 Å². The Kier molecular flexibility index (Phi) is 5.29. The molecule has 17 heavy (non-hydrogen) atoms. The largest absolute Gasteiger partial charge is 0.482 e. The summed E-state index contributed by atoms with van der Waals surface area (Å²) in [6.45, 7) is 1.90. The first kappa shape index (κ1) is 13.3. The lowest BCUT2D eigenvalue weighted by atomic mass is 10.2. The zero-order chi connectivity index (χ0) is 12.7. The molecule has 0 spiro atoms. The van der Waals surface area contributed by atoms with Gasteiger partial charge in [-0.1, -0.05) is 16.8 Å². The minimum Gasteiger partial charge on any atom is -0.482 e. The quantitative estimate of drug-likeness (QED) is 0.379. The molecular formula is C11H12ClNO4. The first-order valence-electron chi connectivity index (χ1n) is 4.93. The molecule has 1 rings (SSSR count). The van der Waals surface area contributed by atoms with Crippen molar-refractivity contribution in [1.29, 1.82) is 0 Å². The summed E-state index contributed by atoms with van der Waals surface area (Å²) in [6.07, 6.45) is 0. The minimum absolute atomic E-state index is 0.0121. The Balaban J connectivity index is 2.54. The highest BCUT2D eigenvalue weighted by Gasteiger charge is 2.04. The second kappa shape index (κ2) is 6.75. The maximum absolute atomic E-state index is 11.0. The number of halogens is 1. The number of hydrogen-bond donors (Lipinski definition) is 1. The number of oxime groups is 1. The molecule has 0 radical (unpaired) electrons. The molecule has 5 nitrogen and oxygen atoms in total. The average Bonchev–Trinajstić information content (AvgIpc) is 2.36. The third-order valence-corrected chi connectivity index (χ3v) is 2.14. The summed E-state index contributed by atoms with van der Waals surface area (Å²) in [5, 5.41) is 11.3. The van der Waals surface area contributed by atoms with Gasteiger partial charge in [0.15, 0.2) is 11.8 Å². The summed E-state index contributed by atoms with van der Waals surface area (Å²) in [4.78, 5) is 11.0. The van der Waals surface area contributed by atoms with E-state index in [1.807, 2.05) is 0 Å². The van der Waals surface area contributed by atoms with Crippen LogP contribution in [0.2, 0.25) is 0 Å². The molecule has 0 aliphatic heterocycles. The number of hydrogen-bond acceptors (Lipinski definition) is 5. The van der Waals surface area contributed by atoms with Gasteiger partial charge in [0, 0.05) is 5.56 Å². The van der Waals surface area contributed by atoms with Crippen molar-refractivity contribution in [3.8, 4) is 5.75 Å². The molecule has 0 saturated carbocycles. The zero-order valence-corrected chi connectivity index (χ0v) is 9.98. The van der Waals surface area contributed by atoms with Gasteiger partial charge >= 0.3 is 5.97 Å². The molecular weight excluding hydrogens is 246 g/mol. The Hall–Kier alpha value is -1.75. The molecule has 0 atom stereocenters. The molecule has 6 heteroatoms. The summed E-state index contributed by atoms with van der Waals surface area (Å²) in [7, 11) is 0. The van der Waals surface area contributed by atoms with Crippen molar-refractivity contribution >= 4 is 22.7 Å². The second-order valence-electron chi connectivity index (χ2n) is 3.01. The Bertz CT molecular complexity index is 402.